The summed E-state index contributed by atoms with van der Waals surface area (Å²) in [6, 6.07) is 7.66. The first-order valence-electron chi connectivity index (χ1n) is 6.74. The van der Waals surface area contributed by atoms with Crippen LogP contribution in [0, 0.1) is 0 Å². The van der Waals surface area contributed by atoms with E-state index in [0.29, 0.717) is 5.02 Å². The number of carbonyl (C=O) groups excluding carboxylic acids is 1. The van der Waals surface area contributed by atoms with Crippen LogP contribution < -0.4 is 5.32 Å². The summed E-state index contributed by atoms with van der Waals surface area (Å²) in [5.41, 5.74) is 1.11. The van der Waals surface area contributed by atoms with Crippen molar-refractivity contribution in [1.29, 1.82) is 0 Å². The number of carbonyl (C=O) groups is 1. The van der Waals surface area contributed by atoms with Gasteiger partial charge in [0.25, 0.3) is 0 Å². The van der Waals surface area contributed by atoms with Crippen LogP contribution in [-0.2, 0) is 14.8 Å². The minimum atomic E-state index is -3.32. The Morgan fingerprint density at radius 1 is 1.43 bits per heavy atom. The van der Waals surface area contributed by atoms with E-state index in [1.165, 1.54) is 14.1 Å². The standard InChI is InChI=1S/C14H19ClN2O3S/c1-17(2)21(19,20)7-6-14(18)16-13-9-12(13)10-4-3-5-11(15)8-10/h3-5,8,12-13H,6-7,9H2,1-2H3,(H,16,18). The molecular weight excluding hydrogens is 312 g/mol. The largest absolute Gasteiger partial charge is 0.353 e. The highest BCUT2D eigenvalue weighted by atomic mass is 35.5. The molecule has 0 saturated heterocycles. The maximum absolute atomic E-state index is 11.8. The van der Waals surface area contributed by atoms with Gasteiger partial charge in [0, 0.05) is 37.5 Å². The normalized spacial score (nSPS) is 21.3. The molecule has 1 N–H and O–H groups in total. The van der Waals surface area contributed by atoms with Gasteiger partial charge in [-0.3, -0.25) is 4.79 Å². The summed E-state index contributed by atoms with van der Waals surface area (Å²) in [6.45, 7) is 0. The highest BCUT2D eigenvalue weighted by Gasteiger charge is 2.39. The van der Waals surface area contributed by atoms with Gasteiger partial charge in [-0.1, -0.05) is 23.7 Å². The van der Waals surface area contributed by atoms with Crippen molar-refractivity contribution in [3.05, 3.63) is 34.9 Å². The molecule has 21 heavy (non-hydrogen) atoms. The van der Waals surface area contributed by atoms with Crippen LogP contribution in [-0.4, -0.2) is 44.5 Å². The fourth-order valence-electron chi connectivity index (χ4n) is 2.14. The summed E-state index contributed by atoms with van der Waals surface area (Å²) >= 11 is 5.94. The van der Waals surface area contributed by atoms with Crippen LogP contribution >= 0.6 is 11.6 Å². The topological polar surface area (TPSA) is 66.5 Å². The highest BCUT2D eigenvalue weighted by Crippen LogP contribution is 2.41. The molecule has 2 unspecified atom stereocenters. The first kappa shape index (κ1) is 16.3. The van der Waals surface area contributed by atoms with Crippen molar-refractivity contribution >= 4 is 27.5 Å². The second-order valence-corrected chi connectivity index (χ2v) is 8.16. The lowest BCUT2D eigenvalue weighted by Gasteiger charge is -2.11. The molecule has 5 nitrogen and oxygen atoms in total. The van der Waals surface area contributed by atoms with Crippen LogP contribution in [0.25, 0.3) is 0 Å². The molecular formula is C14H19ClN2O3S. The molecule has 1 fully saturated rings. The Labute approximate surface area is 130 Å². The van der Waals surface area contributed by atoms with Crippen molar-refractivity contribution < 1.29 is 13.2 Å². The lowest BCUT2D eigenvalue weighted by Crippen LogP contribution is -2.31. The fraction of sp³-hybridized carbons (Fsp3) is 0.500. The van der Waals surface area contributed by atoms with E-state index in [2.05, 4.69) is 5.32 Å². The average molecular weight is 331 g/mol. The van der Waals surface area contributed by atoms with E-state index in [9.17, 15) is 13.2 Å². The predicted molar refractivity (Wildman–Crippen MR) is 82.8 cm³/mol. The van der Waals surface area contributed by atoms with Crippen LogP contribution in [0.5, 0.6) is 0 Å². The Morgan fingerprint density at radius 3 is 2.76 bits per heavy atom. The molecule has 2 rings (SSSR count). The Balaban J connectivity index is 1.81. The SMILES string of the molecule is CN(C)S(=O)(=O)CCC(=O)NC1CC1c1cccc(Cl)c1. The molecule has 1 aromatic carbocycles. The van der Waals surface area contributed by atoms with Crippen molar-refractivity contribution in [2.24, 2.45) is 0 Å². The minimum absolute atomic E-state index is 0.0146. The number of benzene rings is 1. The van der Waals surface area contributed by atoms with Crippen LogP contribution in [0.2, 0.25) is 5.02 Å². The van der Waals surface area contributed by atoms with Gasteiger partial charge in [0.05, 0.1) is 5.75 Å². The fourth-order valence-corrected chi connectivity index (χ4v) is 3.15. The second-order valence-electron chi connectivity index (χ2n) is 5.42. The zero-order chi connectivity index (χ0) is 15.6. The molecule has 116 valence electrons. The number of hydrogen-bond acceptors (Lipinski definition) is 3. The van der Waals surface area contributed by atoms with Crippen LogP contribution in [0.4, 0.5) is 0 Å². The molecule has 0 bridgehead atoms. The highest BCUT2D eigenvalue weighted by molar-refractivity contribution is 7.89. The molecule has 0 radical (unpaired) electrons. The number of nitrogens with zero attached hydrogens (tertiary/aromatic N) is 1. The van der Waals surface area contributed by atoms with Crippen LogP contribution in [0.3, 0.4) is 0 Å². The monoisotopic (exact) mass is 330 g/mol. The average Bonchev–Trinajstić information content (AvgIpc) is 3.15. The van der Waals surface area contributed by atoms with Gasteiger partial charge in [-0.25, -0.2) is 12.7 Å². The summed E-state index contributed by atoms with van der Waals surface area (Å²) in [5, 5.41) is 3.55. The quantitative estimate of drug-likeness (QED) is 0.861. The van der Waals surface area contributed by atoms with Crippen LogP contribution in [0.15, 0.2) is 24.3 Å². The summed E-state index contributed by atoms with van der Waals surface area (Å²) in [6.07, 6.45) is 0.853. The molecule has 7 heteroatoms. The molecule has 0 aliphatic heterocycles. The molecule has 1 aromatic rings. The molecule has 1 aliphatic rings. The maximum atomic E-state index is 11.8. The lowest BCUT2D eigenvalue weighted by molar-refractivity contribution is -0.120. The molecule has 0 heterocycles. The number of sulfonamides is 1. The molecule has 0 aromatic heterocycles. The number of rotatable bonds is 6. The second kappa shape index (κ2) is 6.34. The van der Waals surface area contributed by atoms with Crippen LogP contribution in [0.1, 0.15) is 24.3 Å². The summed E-state index contributed by atoms with van der Waals surface area (Å²) in [7, 11) is -0.402. The van der Waals surface area contributed by atoms with E-state index in [1.54, 1.807) is 0 Å². The Morgan fingerprint density at radius 2 is 2.14 bits per heavy atom. The minimum Gasteiger partial charge on any atom is -0.353 e. The van der Waals surface area contributed by atoms with E-state index in [1.807, 2.05) is 24.3 Å². The molecule has 1 amide bonds. The van der Waals surface area contributed by atoms with E-state index >= 15 is 0 Å². The van der Waals surface area contributed by atoms with E-state index < -0.39 is 10.0 Å². The van der Waals surface area contributed by atoms with Gasteiger partial charge in [0.1, 0.15) is 0 Å². The number of amides is 1. The van der Waals surface area contributed by atoms with Gasteiger partial charge in [-0.2, -0.15) is 0 Å². The van der Waals surface area contributed by atoms with E-state index in [0.717, 1.165) is 16.3 Å². The zero-order valence-corrected chi connectivity index (χ0v) is 13.6. The number of nitrogens with one attached hydrogen (secondary N) is 1. The molecule has 0 spiro atoms. The first-order chi connectivity index (χ1) is 9.79. The van der Waals surface area contributed by atoms with Gasteiger partial charge in [-0.15, -0.1) is 0 Å². The maximum Gasteiger partial charge on any atom is 0.221 e. The van der Waals surface area contributed by atoms with Crippen molar-refractivity contribution in [3.63, 3.8) is 0 Å². The third-order valence-corrected chi connectivity index (χ3v) is 5.62. The zero-order valence-electron chi connectivity index (χ0n) is 12.0. The van der Waals surface area contributed by atoms with Crippen molar-refractivity contribution in [1.82, 2.24) is 9.62 Å². The third kappa shape index (κ3) is 4.43. The number of hydrogen-bond donors (Lipinski definition) is 1. The van der Waals surface area contributed by atoms with Crippen molar-refractivity contribution in [2.45, 2.75) is 24.8 Å². The van der Waals surface area contributed by atoms with Gasteiger partial charge >= 0.3 is 0 Å². The van der Waals surface area contributed by atoms with Gasteiger partial charge < -0.3 is 5.32 Å². The summed E-state index contributed by atoms with van der Waals surface area (Å²) in [4.78, 5) is 11.8. The van der Waals surface area contributed by atoms with Crippen molar-refractivity contribution in [2.75, 3.05) is 19.8 Å². The number of halogens is 1. The first-order valence-corrected chi connectivity index (χ1v) is 8.73. The van der Waals surface area contributed by atoms with E-state index in [4.69, 9.17) is 11.6 Å². The summed E-state index contributed by atoms with van der Waals surface area (Å²) in [5.74, 6) is -0.117. The third-order valence-electron chi connectivity index (χ3n) is 3.56. The van der Waals surface area contributed by atoms with E-state index in [-0.39, 0.29) is 30.0 Å². The lowest BCUT2D eigenvalue weighted by atomic mass is 10.1. The Hall–Kier alpha value is -1.11. The molecule has 1 aliphatic carbocycles. The van der Waals surface area contributed by atoms with Gasteiger partial charge in [-0.05, 0) is 24.1 Å². The van der Waals surface area contributed by atoms with Gasteiger partial charge in [0.15, 0.2) is 0 Å². The van der Waals surface area contributed by atoms with Gasteiger partial charge in [0.2, 0.25) is 15.9 Å². The Bertz CT molecular complexity index is 631. The Kier molecular flexibility index (Phi) is 4.91. The molecule has 2 atom stereocenters. The van der Waals surface area contributed by atoms with Crippen molar-refractivity contribution in [3.8, 4) is 0 Å². The molecule has 1 saturated carbocycles. The smallest absolute Gasteiger partial charge is 0.221 e. The predicted octanol–water partition coefficient (Wildman–Crippen LogP) is 1.59. The summed E-state index contributed by atoms with van der Waals surface area (Å²) < 4.78 is 24.3.